The summed E-state index contributed by atoms with van der Waals surface area (Å²) in [6, 6.07) is 13.4. The molecule has 0 saturated carbocycles. The molecule has 2 aromatic carbocycles. The third kappa shape index (κ3) is 5.51. The lowest BCUT2D eigenvalue weighted by Crippen LogP contribution is -2.30. The van der Waals surface area contributed by atoms with Gasteiger partial charge in [-0.2, -0.15) is 9.29 Å². The van der Waals surface area contributed by atoms with Gasteiger partial charge in [-0.1, -0.05) is 19.0 Å². The third-order valence-corrected chi connectivity index (χ3v) is 6.93. The van der Waals surface area contributed by atoms with Crippen LogP contribution in [-0.4, -0.2) is 49.0 Å². The lowest BCUT2D eigenvalue weighted by molar-refractivity contribution is -0.116. The van der Waals surface area contributed by atoms with E-state index in [1.54, 1.807) is 45.2 Å². The molecule has 9 nitrogen and oxygen atoms in total. The molecule has 3 rings (SSSR count). The molecule has 32 heavy (non-hydrogen) atoms. The predicted octanol–water partition coefficient (Wildman–Crippen LogP) is 3.35. The summed E-state index contributed by atoms with van der Waals surface area (Å²) >= 11 is 0. The molecule has 1 amide bonds. The van der Waals surface area contributed by atoms with Crippen molar-refractivity contribution in [3.05, 3.63) is 54.4 Å². The number of amides is 1. The van der Waals surface area contributed by atoms with Crippen LogP contribution in [0, 0.1) is 0 Å². The molecule has 170 valence electrons. The molecule has 0 aliphatic heterocycles. The van der Waals surface area contributed by atoms with Crippen molar-refractivity contribution in [2.75, 3.05) is 25.5 Å². The van der Waals surface area contributed by atoms with Crippen LogP contribution in [0.25, 0.3) is 11.4 Å². The van der Waals surface area contributed by atoms with Crippen molar-refractivity contribution in [1.29, 1.82) is 0 Å². The van der Waals surface area contributed by atoms with Gasteiger partial charge in [-0.15, -0.1) is 0 Å². The Morgan fingerprint density at radius 3 is 2.31 bits per heavy atom. The molecular formula is C22H26N4O5S. The van der Waals surface area contributed by atoms with E-state index in [1.165, 1.54) is 16.4 Å². The van der Waals surface area contributed by atoms with Crippen LogP contribution in [0.4, 0.5) is 5.69 Å². The zero-order valence-corrected chi connectivity index (χ0v) is 19.1. The minimum absolute atomic E-state index is 0.143. The standard InChI is InChI=1S/C22H26N4O5S/c1-4-26(5-2)32(28,29)19-12-8-17(9-13-19)23-20(27)14-15-21-24-22(25-31-21)16-6-10-18(30-3)11-7-16/h6-13H,4-5,14-15H2,1-3H3,(H,23,27). The van der Waals surface area contributed by atoms with Gasteiger partial charge in [0, 0.05) is 37.2 Å². The smallest absolute Gasteiger partial charge is 0.243 e. The van der Waals surface area contributed by atoms with Crippen LogP contribution < -0.4 is 10.1 Å². The maximum Gasteiger partial charge on any atom is 0.243 e. The van der Waals surface area contributed by atoms with Crippen LogP contribution in [0.5, 0.6) is 5.75 Å². The Morgan fingerprint density at radius 1 is 1.06 bits per heavy atom. The van der Waals surface area contributed by atoms with Gasteiger partial charge in [0.15, 0.2) is 0 Å². The van der Waals surface area contributed by atoms with Crippen molar-refractivity contribution >= 4 is 21.6 Å². The minimum Gasteiger partial charge on any atom is -0.497 e. The Morgan fingerprint density at radius 2 is 1.72 bits per heavy atom. The molecule has 0 fully saturated rings. The van der Waals surface area contributed by atoms with Gasteiger partial charge < -0.3 is 14.6 Å². The first-order chi connectivity index (χ1) is 15.4. The topological polar surface area (TPSA) is 115 Å². The maximum atomic E-state index is 12.5. The van der Waals surface area contributed by atoms with Crippen LogP contribution in [0.15, 0.2) is 57.9 Å². The zero-order valence-electron chi connectivity index (χ0n) is 18.2. The summed E-state index contributed by atoms with van der Waals surface area (Å²) in [6.07, 6.45) is 0.424. The summed E-state index contributed by atoms with van der Waals surface area (Å²) in [6.45, 7) is 4.37. The van der Waals surface area contributed by atoms with Gasteiger partial charge in [-0.3, -0.25) is 4.79 Å². The molecule has 0 atom stereocenters. The van der Waals surface area contributed by atoms with Crippen LogP contribution in [0.2, 0.25) is 0 Å². The van der Waals surface area contributed by atoms with E-state index in [1.807, 2.05) is 12.1 Å². The SMILES string of the molecule is CCN(CC)S(=O)(=O)c1ccc(NC(=O)CCc2nc(-c3ccc(OC)cc3)no2)cc1. The van der Waals surface area contributed by atoms with E-state index in [2.05, 4.69) is 15.5 Å². The first kappa shape index (κ1) is 23.4. The predicted molar refractivity (Wildman–Crippen MR) is 120 cm³/mol. The molecule has 0 spiro atoms. The van der Waals surface area contributed by atoms with Gasteiger partial charge in [0.1, 0.15) is 5.75 Å². The van der Waals surface area contributed by atoms with Crippen LogP contribution in [0.3, 0.4) is 0 Å². The van der Waals surface area contributed by atoms with Gasteiger partial charge in [0.2, 0.25) is 27.6 Å². The first-order valence-electron chi connectivity index (χ1n) is 10.2. The number of hydrogen-bond acceptors (Lipinski definition) is 7. The number of carbonyl (C=O) groups excluding carboxylic acids is 1. The number of sulfonamides is 1. The average molecular weight is 459 g/mol. The van der Waals surface area contributed by atoms with Gasteiger partial charge >= 0.3 is 0 Å². The number of nitrogens with one attached hydrogen (secondary N) is 1. The van der Waals surface area contributed by atoms with Crippen molar-refractivity contribution in [2.45, 2.75) is 31.6 Å². The molecule has 0 unspecified atom stereocenters. The quantitative estimate of drug-likeness (QED) is 0.495. The number of benzene rings is 2. The fourth-order valence-electron chi connectivity index (χ4n) is 3.08. The zero-order chi connectivity index (χ0) is 23.1. The Labute approximate surface area is 187 Å². The van der Waals surface area contributed by atoms with Crippen molar-refractivity contribution < 1.29 is 22.5 Å². The molecular weight excluding hydrogens is 432 g/mol. The summed E-state index contributed by atoms with van der Waals surface area (Å²) in [5.41, 5.74) is 1.29. The highest BCUT2D eigenvalue weighted by Crippen LogP contribution is 2.21. The van der Waals surface area contributed by atoms with E-state index < -0.39 is 10.0 Å². The Balaban J connectivity index is 1.55. The van der Waals surface area contributed by atoms with Crippen LogP contribution in [-0.2, 0) is 21.2 Å². The highest BCUT2D eigenvalue weighted by molar-refractivity contribution is 7.89. The van der Waals surface area contributed by atoms with E-state index in [-0.39, 0.29) is 23.6 Å². The Kier molecular flexibility index (Phi) is 7.60. The second kappa shape index (κ2) is 10.4. The maximum absolute atomic E-state index is 12.5. The lowest BCUT2D eigenvalue weighted by atomic mass is 10.2. The monoisotopic (exact) mass is 458 g/mol. The molecule has 3 aromatic rings. The summed E-state index contributed by atoms with van der Waals surface area (Å²) < 4.78 is 36.8. The Bertz CT molecular complexity index is 1140. The van der Waals surface area contributed by atoms with Crippen LogP contribution in [0.1, 0.15) is 26.2 Å². The molecule has 0 saturated heterocycles. The summed E-state index contributed by atoms with van der Waals surface area (Å²) in [5, 5.41) is 6.69. The van der Waals surface area contributed by atoms with Crippen molar-refractivity contribution in [2.24, 2.45) is 0 Å². The number of ether oxygens (including phenoxy) is 1. The van der Waals surface area contributed by atoms with E-state index in [4.69, 9.17) is 9.26 Å². The first-order valence-corrected chi connectivity index (χ1v) is 11.7. The second-order valence-electron chi connectivity index (χ2n) is 6.90. The van der Waals surface area contributed by atoms with Crippen molar-refractivity contribution in [1.82, 2.24) is 14.4 Å². The Hall–Kier alpha value is -3.24. The molecule has 0 aliphatic carbocycles. The van der Waals surface area contributed by atoms with Gasteiger partial charge in [-0.25, -0.2) is 8.42 Å². The largest absolute Gasteiger partial charge is 0.497 e. The minimum atomic E-state index is -3.53. The molecule has 0 bridgehead atoms. The molecule has 0 aliphatic rings. The summed E-state index contributed by atoms with van der Waals surface area (Å²) in [7, 11) is -1.94. The fraction of sp³-hybridized carbons (Fsp3) is 0.318. The van der Waals surface area contributed by atoms with Crippen LogP contribution >= 0.6 is 0 Å². The average Bonchev–Trinajstić information content (AvgIpc) is 3.28. The molecule has 10 heteroatoms. The number of aryl methyl sites for hydroxylation is 1. The number of aromatic nitrogens is 2. The number of carbonyl (C=O) groups is 1. The highest BCUT2D eigenvalue weighted by atomic mass is 32.2. The summed E-state index contributed by atoms with van der Waals surface area (Å²) in [4.78, 5) is 16.8. The molecule has 1 N–H and O–H groups in total. The van der Waals surface area contributed by atoms with Crippen molar-refractivity contribution in [3.63, 3.8) is 0 Å². The van der Waals surface area contributed by atoms with E-state index in [0.717, 1.165) is 11.3 Å². The lowest BCUT2D eigenvalue weighted by Gasteiger charge is -2.18. The van der Waals surface area contributed by atoms with Gasteiger partial charge in [0.05, 0.1) is 12.0 Å². The van der Waals surface area contributed by atoms with E-state index in [0.29, 0.717) is 30.5 Å². The molecule has 0 radical (unpaired) electrons. The van der Waals surface area contributed by atoms with Gasteiger partial charge in [-0.05, 0) is 48.5 Å². The fourth-order valence-corrected chi connectivity index (χ4v) is 4.54. The number of rotatable bonds is 10. The molecule has 1 heterocycles. The number of nitrogens with zero attached hydrogens (tertiary/aromatic N) is 3. The number of methoxy groups -OCH3 is 1. The normalized spacial score (nSPS) is 11.5. The van der Waals surface area contributed by atoms with E-state index in [9.17, 15) is 13.2 Å². The third-order valence-electron chi connectivity index (χ3n) is 4.86. The molecule has 1 aromatic heterocycles. The second-order valence-corrected chi connectivity index (χ2v) is 8.84. The number of hydrogen-bond donors (Lipinski definition) is 1. The van der Waals surface area contributed by atoms with Gasteiger partial charge in [0.25, 0.3) is 0 Å². The van der Waals surface area contributed by atoms with Crippen molar-refractivity contribution in [3.8, 4) is 17.1 Å². The van der Waals surface area contributed by atoms with E-state index >= 15 is 0 Å². The highest BCUT2D eigenvalue weighted by Gasteiger charge is 2.21. The summed E-state index contributed by atoms with van der Waals surface area (Å²) in [5.74, 6) is 1.28. The number of anilines is 1.